The van der Waals surface area contributed by atoms with Gasteiger partial charge in [0.1, 0.15) is 0 Å². The van der Waals surface area contributed by atoms with Crippen LogP contribution in [-0.4, -0.2) is 61.2 Å². The maximum Gasteiger partial charge on any atom is 0.219 e. The first-order chi connectivity index (χ1) is 25.1. The van der Waals surface area contributed by atoms with Gasteiger partial charge in [0.25, 0.3) is 0 Å². The van der Waals surface area contributed by atoms with Crippen LogP contribution in [0.2, 0.25) is 0 Å². The molecule has 0 saturated carbocycles. The molecule has 0 aliphatic rings. The highest BCUT2D eigenvalue weighted by Gasteiger charge is 2.06. The number of carbonyl (C=O) groups is 2. The van der Waals surface area contributed by atoms with Crippen molar-refractivity contribution in [1.82, 2.24) is 15.5 Å². The number of hydrogen-bond acceptors (Lipinski definition) is 4. The van der Waals surface area contributed by atoms with Crippen LogP contribution in [0.1, 0.15) is 239 Å². The normalized spacial score (nSPS) is 11.5. The molecule has 0 fully saturated rings. The van der Waals surface area contributed by atoms with Crippen LogP contribution in [-0.2, 0) is 9.59 Å². The molecule has 0 aromatic carbocycles. The van der Waals surface area contributed by atoms with Crippen LogP contribution in [0.15, 0.2) is 0 Å². The number of rotatable bonds is 43. The molecule has 0 aliphatic heterocycles. The van der Waals surface area contributed by atoms with Crippen molar-refractivity contribution in [2.45, 2.75) is 239 Å². The van der Waals surface area contributed by atoms with Crippen LogP contribution in [0.5, 0.6) is 0 Å². The van der Waals surface area contributed by atoms with E-state index in [0.29, 0.717) is 19.4 Å². The molecule has 2 amide bonds. The summed E-state index contributed by atoms with van der Waals surface area (Å²) in [6.07, 6.45) is 43.2. The van der Waals surface area contributed by atoms with Gasteiger partial charge in [-0.05, 0) is 58.0 Å². The fraction of sp³-hybridized carbons (Fsp3) is 0.956. The Bertz CT molecular complexity index is 650. The fourth-order valence-corrected chi connectivity index (χ4v) is 7.14. The second-order valence-corrected chi connectivity index (χ2v) is 15.7. The quantitative estimate of drug-likeness (QED) is 0.0548. The summed E-state index contributed by atoms with van der Waals surface area (Å²) in [6, 6.07) is 0. The van der Waals surface area contributed by atoms with Gasteiger partial charge in [-0.25, -0.2) is 0 Å². The highest BCUT2D eigenvalue weighted by atomic mass is 16.3. The van der Waals surface area contributed by atoms with E-state index in [1.54, 1.807) is 0 Å². The topological polar surface area (TPSA) is 81.7 Å². The minimum Gasteiger partial charge on any atom is -0.396 e. The zero-order chi connectivity index (χ0) is 37.1. The van der Waals surface area contributed by atoms with E-state index in [-0.39, 0.29) is 11.8 Å². The van der Waals surface area contributed by atoms with Gasteiger partial charge in [0.05, 0.1) is 0 Å². The van der Waals surface area contributed by atoms with Crippen molar-refractivity contribution < 1.29 is 14.7 Å². The predicted molar refractivity (Wildman–Crippen MR) is 222 cm³/mol. The maximum absolute atomic E-state index is 12.0. The summed E-state index contributed by atoms with van der Waals surface area (Å²) in [4.78, 5) is 26.7. The molecule has 304 valence electrons. The van der Waals surface area contributed by atoms with Gasteiger partial charge < -0.3 is 20.6 Å². The molecule has 0 saturated heterocycles. The van der Waals surface area contributed by atoms with Crippen molar-refractivity contribution in [3.05, 3.63) is 0 Å². The molecule has 0 bridgehead atoms. The summed E-state index contributed by atoms with van der Waals surface area (Å²) >= 11 is 0. The summed E-state index contributed by atoms with van der Waals surface area (Å²) in [7, 11) is 0. The second kappa shape index (κ2) is 43.3. The first kappa shape index (κ1) is 49.9. The van der Waals surface area contributed by atoms with Crippen molar-refractivity contribution >= 4 is 11.8 Å². The number of aliphatic hydroxyl groups is 1. The van der Waals surface area contributed by atoms with Crippen LogP contribution in [0, 0.1) is 0 Å². The Kier molecular flexibility index (Phi) is 42.3. The number of unbranched alkanes of at least 4 members (excludes halogenated alkanes) is 28. The summed E-state index contributed by atoms with van der Waals surface area (Å²) in [5.41, 5.74) is 0. The lowest BCUT2D eigenvalue weighted by atomic mass is 10.1. The monoisotopic (exact) mass is 722 g/mol. The lowest BCUT2D eigenvalue weighted by Crippen LogP contribution is -2.27. The van der Waals surface area contributed by atoms with Gasteiger partial charge in [-0.3, -0.25) is 9.59 Å². The fourth-order valence-electron chi connectivity index (χ4n) is 7.14. The second-order valence-electron chi connectivity index (χ2n) is 15.7. The first-order valence-electron chi connectivity index (χ1n) is 23.0. The molecule has 0 rings (SSSR count). The molecular weight excluding hydrogens is 631 g/mol. The van der Waals surface area contributed by atoms with Gasteiger partial charge in [-0.2, -0.15) is 0 Å². The zero-order valence-corrected chi connectivity index (χ0v) is 34.7. The summed E-state index contributed by atoms with van der Waals surface area (Å²) in [6.45, 7) is 9.91. The van der Waals surface area contributed by atoms with Crippen molar-refractivity contribution in [1.29, 1.82) is 0 Å². The molecule has 0 aromatic heterocycles. The molecule has 0 unspecified atom stereocenters. The van der Waals surface area contributed by atoms with E-state index in [9.17, 15) is 14.7 Å². The van der Waals surface area contributed by atoms with Crippen LogP contribution in [0.3, 0.4) is 0 Å². The lowest BCUT2D eigenvalue weighted by Gasteiger charge is -2.22. The van der Waals surface area contributed by atoms with Crippen molar-refractivity contribution in [3.63, 3.8) is 0 Å². The van der Waals surface area contributed by atoms with Crippen molar-refractivity contribution in [2.75, 3.05) is 39.3 Å². The van der Waals surface area contributed by atoms with Gasteiger partial charge in [0.15, 0.2) is 0 Å². The average Bonchev–Trinajstić information content (AvgIpc) is 3.13. The predicted octanol–water partition coefficient (Wildman–Crippen LogP) is 12.2. The van der Waals surface area contributed by atoms with E-state index in [0.717, 1.165) is 51.7 Å². The van der Waals surface area contributed by atoms with Gasteiger partial charge in [-0.15, -0.1) is 0 Å². The number of nitrogens with zero attached hydrogens (tertiary/aromatic N) is 1. The Morgan fingerprint density at radius 2 is 0.647 bits per heavy atom. The molecule has 0 atom stereocenters. The van der Waals surface area contributed by atoms with Crippen molar-refractivity contribution in [2.24, 2.45) is 0 Å². The number of nitrogens with one attached hydrogen (secondary N) is 2. The summed E-state index contributed by atoms with van der Waals surface area (Å²) in [5.74, 6) is 0.498. The van der Waals surface area contributed by atoms with Crippen molar-refractivity contribution in [3.8, 4) is 0 Å². The standard InChI is InChI=1S/C45H91N3O3/c1-3-5-7-9-19-25-31-38-46-44(50)36-29-23-17-13-11-15-21-27-33-40-48(42-35-43-49)41-34-28-22-16-12-14-18-24-30-37-45(51)47-39-32-26-20-10-8-6-4-2/h49H,3-43H2,1-2H3,(H,46,50)(H,47,51). The Labute approximate surface area is 319 Å². The first-order valence-corrected chi connectivity index (χ1v) is 23.0. The third-order valence-electron chi connectivity index (χ3n) is 10.6. The smallest absolute Gasteiger partial charge is 0.219 e. The van der Waals surface area contributed by atoms with E-state index < -0.39 is 0 Å². The zero-order valence-electron chi connectivity index (χ0n) is 34.7. The Morgan fingerprint density at radius 3 is 0.980 bits per heavy atom. The molecule has 3 N–H and O–H groups in total. The Morgan fingerprint density at radius 1 is 0.373 bits per heavy atom. The van der Waals surface area contributed by atoms with Crippen LogP contribution >= 0.6 is 0 Å². The van der Waals surface area contributed by atoms with E-state index in [1.807, 2.05) is 0 Å². The minimum atomic E-state index is 0.249. The van der Waals surface area contributed by atoms with E-state index in [1.165, 1.54) is 193 Å². The molecule has 0 spiro atoms. The maximum atomic E-state index is 12.0. The van der Waals surface area contributed by atoms with Gasteiger partial charge in [-0.1, -0.05) is 181 Å². The molecule has 0 aliphatic carbocycles. The third kappa shape index (κ3) is 41.5. The Balaban J connectivity index is 3.54. The molecule has 0 heterocycles. The average molecular weight is 722 g/mol. The largest absolute Gasteiger partial charge is 0.396 e. The molecule has 0 aromatic rings. The summed E-state index contributed by atoms with van der Waals surface area (Å²) < 4.78 is 0. The minimum absolute atomic E-state index is 0.249. The van der Waals surface area contributed by atoms with E-state index in [2.05, 4.69) is 29.4 Å². The lowest BCUT2D eigenvalue weighted by molar-refractivity contribution is -0.122. The third-order valence-corrected chi connectivity index (χ3v) is 10.6. The number of hydrogen-bond donors (Lipinski definition) is 3. The molecular formula is C45H91N3O3. The molecule has 51 heavy (non-hydrogen) atoms. The molecule has 6 heteroatoms. The van der Waals surface area contributed by atoms with Gasteiger partial charge >= 0.3 is 0 Å². The highest BCUT2D eigenvalue weighted by molar-refractivity contribution is 5.76. The van der Waals surface area contributed by atoms with E-state index in [4.69, 9.17) is 0 Å². The number of carbonyl (C=O) groups excluding carboxylic acids is 2. The molecule has 0 radical (unpaired) electrons. The van der Waals surface area contributed by atoms with Gasteiger partial charge in [0, 0.05) is 39.1 Å². The van der Waals surface area contributed by atoms with Crippen LogP contribution in [0.25, 0.3) is 0 Å². The van der Waals surface area contributed by atoms with Crippen LogP contribution in [0.4, 0.5) is 0 Å². The SMILES string of the molecule is CCCCCCCCCNC(=O)CCCCCCCCCCCN(CCCO)CCCCCCCCCCCC(=O)NCCCCCCCCC. The summed E-state index contributed by atoms with van der Waals surface area (Å²) in [5, 5.41) is 15.6. The number of amides is 2. The van der Waals surface area contributed by atoms with Gasteiger partial charge in [0.2, 0.25) is 11.8 Å². The van der Waals surface area contributed by atoms with E-state index >= 15 is 0 Å². The molecule has 6 nitrogen and oxygen atoms in total. The highest BCUT2D eigenvalue weighted by Crippen LogP contribution is 2.14. The number of aliphatic hydroxyl groups excluding tert-OH is 1. The van der Waals surface area contributed by atoms with Crippen LogP contribution < -0.4 is 10.6 Å². The Hall–Kier alpha value is -1.14.